The average molecular weight is 320 g/mol. The molecule has 0 bridgehead atoms. The van der Waals surface area contributed by atoms with Crippen LogP contribution in [0.3, 0.4) is 0 Å². The summed E-state index contributed by atoms with van der Waals surface area (Å²) >= 11 is 5.78. The van der Waals surface area contributed by atoms with Gasteiger partial charge in [0.2, 0.25) is 0 Å². The lowest BCUT2D eigenvalue weighted by molar-refractivity contribution is 0.459. The molecule has 0 saturated carbocycles. The third kappa shape index (κ3) is 3.24. The maximum Gasteiger partial charge on any atom is 0.185 e. The van der Waals surface area contributed by atoms with Crippen LogP contribution in [-0.4, -0.2) is 9.97 Å². The van der Waals surface area contributed by atoms with Crippen LogP contribution in [0.1, 0.15) is 25.6 Å². The minimum atomic E-state index is -1.55. The molecule has 8 heteroatoms. The number of hydrogen-bond donors (Lipinski definition) is 1. The van der Waals surface area contributed by atoms with Crippen molar-refractivity contribution in [3.8, 4) is 0 Å². The quantitative estimate of drug-likeness (QED) is 0.512. The number of benzene rings is 1. The number of nitrogens with one attached hydrogen (secondary N) is 1. The highest BCUT2D eigenvalue weighted by Crippen LogP contribution is 2.28. The van der Waals surface area contributed by atoms with Crippen LogP contribution in [0.5, 0.6) is 0 Å². The number of nitrogens with zero attached hydrogens (tertiary/aromatic N) is 2. The lowest BCUT2D eigenvalue weighted by atomic mass is 10.2. The van der Waals surface area contributed by atoms with E-state index in [-0.39, 0.29) is 23.0 Å². The van der Waals surface area contributed by atoms with Crippen molar-refractivity contribution >= 4 is 23.1 Å². The van der Waals surface area contributed by atoms with Gasteiger partial charge in [-0.2, -0.15) is 0 Å². The van der Waals surface area contributed by atoms with Gasteiger partial charge < -0.3 is 5.32 Å². The molecule has 2 aromatic rings. The molecular formula is C13H10ClF4N3. The van der Waals surface area contributed by atoms with Crippen LogP contribution in [0.4, 0.5) is 29.1 Å². The van der Waals surface area contributed by atoms with Crippen LogP contribution < -0.4 is 5.32 Å². The molecule has 0 spiro atoms. The van der Waals surface area contributed by atoms with E-state index in [2.05, 4.69) is 15.3 Å². The van der Waals surface area contributed by atoms with Crippen molar-refractivity contribution in [1.82, 2.24) is 9.97 Å². The smallest absolute Gasteiger partial charge is 0.185 e. The Hall–Kier alpha value is -1.89. The van der Waals surface area contributed by atoms with E-state index in [0.29, 0.717) is 5.82 Å². The van der Waals surface area contributed by atoms with Gasteiger partial charge >= 0.3 is 0 Å². The molecule has 3 nitrogen and oxygen atoms in total. The Kier molecular flexibility index (Phi) is 4.32. The molecule has 1 N–H and O–H groups in total. The summed E-state index contributed by atoms with van der Waals surface area (Å²) in [5.74, 6) is -5.96. The largest absolute Gasteiger partial charge is 0.335 e. The summed E-state index contributed by atoms with van der Waals surface area (Å²) in [5, 5.41) is 2.23. The summed E-state index contributed by atoms with van der Waals surface area (Å²) in [6.45, 7) is 3.58. The van der Waals surface area contributed by atoms with E-state index in [1.54, 1.807) is 13.8 Å². The van der Waals surface area contributed by atoms with Gasteiger partial charge in [-0.05, 0) is 0 Å². The standard InChI is InChI=1S/C13H10ClF4N3/c1-5(2)13-19-8(14)4-9(21-13)20-12-10(17)6(15)3-7(16)11(12)18/h3-5H,1-2H3,(H,19,20,21). The van der Waals surface area contributed by atoms with Gasteiger partial charge in [0, 0.05) is 18.1 Å². The molecule has 0 aliphatic heterocycles. The fourth-order valence-corrected chi connectivity index (χ4v) is 1.76. The second-order valence-corrected chi connectivity index (χ2v) is 4.94. The molecule has 0 aliphatic rings. The van der Waals surface area contributed by atoms with Crippen LogP contribution in [0.15, 0.2) is 12.1 Å². The Labute approximate surface area is 123 Å². The average Bonchev–Trinajstić information content (AvgIpc) is 2.41. The first-order chi connectivity index (χ1) is 9.79. The molecule has 0 atom stereocenters. The van der Waals surface area contributed by atoms with Gasteiger partial charge in [0.05, 0.1) is 0 Å². The minimum absolute atomic E-state index is 0.0360. The van der Waals surface area contributed by atoms with Crippen LogP contribution in [-0.2, 0) is 0 Å². The van der Waals surface area contributed by atoms with E-state index in [4.69, 9.17) is 11.6 Å². The Morgan fingerprint density at radius 3 is 2.10 bits per heavy atom. The van der Waals surface area contributed by atoms with Crippen molar-refractivity contribution in [2.45, 2.75) is 19.8 Å². The zero-order chi connectivity index (χ0) is 15.7. The molecule has 0 fully saturated rings. The lowest BCUT2D eigenvalue weighted by Crippen LogP contribution is -2.06. The summed E-state index contributed by atoms with van der Waals surface area (Å²) in [6, 6.07) is 1.32. The summed E-state index contributed by atoms with van der Waals surface area (Å²) in [4.78, 5) is 7.92. The lowest BCUT2D eigenvalue weighted by Gasteiger charge is -2.11. The van der Waals surface area contributed by atoms with Crippen LogP contribution in [0.25, 0.3) is 0 Å². The highest BCUT2D eigenvalue weighted by atomic mass is 35.5. The van der Waals surface area contributed by atoms with Crippen molar-refractivity contribution in [3.63, 3.8) is 0 Å². The first kappa shape index (κ1) is 15.5. The fourth-order valence-electron chi connectivity index (χ4n) is 1.57. The predicted octanol–water partition coefficient (Wildman–Crippen LogP) is 4.55. The van der Waals surface area contributed by atoms with E-state index < -0.39 is 29.0 Å². The molecule has 0 unspecified atom stereocenters. The van der Waals surface area contributed by atoms with Crippen molar-refractivity contribution < 1.29 is 17.6 Å². The minimum Gasteiger partial charge on any atom is -0.335 e. The van der Waals surface area contributed by atoms with E-state index in [0.717, 1.165) is 0 Å². The molecule has 2 rings (SSSR count). The molecule has 1 aromatic carbocycles. The maximum atomic E-state index is 13.6. The predicted molar refractivity (Wildman–Crippen MR) is 70.7 cm³/mol. The van der Waals surface area contributed by atoms with Crippen molar-refractivity contribution in [3.05, 3.63) is 46.4 Å². The second kappa shape index (κ2) is 5.85. The van der Waals surface area contributed by atoms with Crippen LogP contribution >= 0.6 is 11.6 Å². The van der Waals surface area contributed by atoms with Crippen LogP contribution in [0.2, 0.25) is 5.15 Å². The van der Waals surface area contributed by atoms with Crippen molar-refractivity contribution in [2.24, 2.45) is 0 Å². The summed E-state index contributed by atoms with van der Waals surface area (Å²) in [7, 11) is 0. The summed E-state index contributed by atoms with van der Waals surface area (Å²) in [5.41, 5.74) is -0.975. The molecule has 0 saturated heterocycles. The fraction of sp³-hybridized carbons (Fsp3) is 0.231. The molecule has 1 aromatic heterocycles. The molecule has 0 radical (unpaired) electrons. The number of anilines is 2. The molecule has 1 heterocycles. The van der Waals surface area contributed by atoms with Gasteiger partial charge in [0.25, 0.3) is 0 Å². The molecular weight excluding hydrogens is 310 g/mol. The van der Waals surface area contributed by atoms with Gasteiger partial charge in [0.15, 0.2) is 23.3 Å². The Bertz CT molecular complexity index is 665. The third-order valence-corrected chi connectivity index (χ3v) is 2.79. The summed E-state index contributed by atoms with van der Waals surface area (Å²) in [6.07, 6.45) is 0. The first-order valence-electron chi connectivity index (χ1n) is 5.94. The monoisotopic (exact) mass is 319 g/mol. The summed E-state index contributed by atoms with van der Waals surface area (Å²) < 4.78 is 53.4. The van der Waals surface area contributed by atoms with Gasteiger partial charge in [-0.15, -0.1) is 0 Å². The van der Waals surface area contributed by atoms with Gasteiger partial charge in [-0.25, -0.2) is 27.5 Å². The SMILES string of the molecule is CC(C)c1nc(Cl)cc(Nc2c(F)c(F)cc(F)c2F)n1. The zero-order valence-electron chi connectivity index (χ0n) is 11.0. The van der Waals surface area contributed by atoms with E-state index >= 15 is 0 Å². The van der Waals surface area contributed by atoms with E-state index in [1.807, 2.05) is 0 Å². The van der Waals surface area contributed by atoms with E-state index in [9.17, 15) is 17.6 Å². The molecule has 21 heavy (non-hydrogen) atoms. The van der Waals surface area contributed by atoms with Gasteiger partial charge in [-0.1, -0.05) is 25.4 Å². The van der Waals surface area contributed by atoms with E-state index in [1.165, 1.54) is 6.07 Å². The first-order valence-corrected chi connectivity index (χ1v) is 6.32. The third-order valence-electron chi connectivity index (χ3n) is 2.59. The number of aromatic nitrogens is 2. The van der Waals surface area contributed by atoms with Crippen molar-refractivity contribution in [2.75, 3.05) is 5.32 Å². The molecule has 0 aliphatic carbocycles. The van der Waals surface area contributed by atoms with Gasteiger partial charge in [0.1, 0.15) is 22.5 Å². The maximum absolute atomic E-state index is 13.6. The molecule has 0 amide bonds. The molecule has 112 valence electrons. The Balaban J connectivity index is 2.48. The van der Waals surface area contributed by atoms with Gasteiger partial charge in [-0.3, -0.25) is 0 Å². The highest BCUT2D eigenvalue weighted by molar-refractivity contribution is 6.29. The van der Waals surface area contributed by atoms with Crippen molar-refractivity contribution in [1.29, 1.82) is 0 Å². The Morgan fingerprint density at radius 1 is 1.00 bits per heavy atom. The Morgan fingerprint density at radius 2 is 1.57 bits per heavy atom. The topological polar surface area (TPSA) is 37.8 Å². The second-order valence-electron chi connectivity index (χ2n) is 4.56. The number of rotatable bonds is 3. The number of hydrogen-bond acceptors (Lipinski definition) is 3. The highest BCUT2D eigenvalue weighted by Gasteiger charge is 2.20. The normalized spacial score (nSPS) is 11.0. The van der Waals surface area contributed by atoms with Crippen LogP contribution in [0, 0.1) is 23.3 Å². The number of halogens is 5. The zero-order valence-corrected chi connectivity index (χ0v) is 11.8.